The van der Waals surface area contributed by atoms with Gasteiger partial charge in [0, 0.05) is 44.7 Å². The molecule has 1 N–H and O–H groups in total. The molecule has 8 nitrogen and oxygen atoms in total. The zero-order valence-electron chi connectivity index (χ0n) is 18.0. The molecule has 0 aromatic heterocycles. The number of carbonyl (C=O) groups is 1. The van der Waals surface area contributed by atoms with Gasteiger partial charge in [-0.3, -0.25) is 19.4 Å². The van der Waals surface area contributed by atoms with Crippen LogP contribution in [0.1, 0.15) is 23.6 Å². The van der Waals surface area contributed by atoms with E-state index in [4.69, 9.17) is 4.74 Å². The van der Waals surface area contributed by atoms with Crippen molar-refractivity contribution in [1.29, 1.82) is 0 Å². The van der Waals surface area contributed by atoms with Gasteiger partial charge in [0.25, 0.3) is 10.0 Å². The number of rotatable bonds is 4. The third-order valence-electron chi connectivity index (χ3n) is 6.19. The number of ether oxygens (including phenoxy) is 1. The monoisotopic (exact) mass is 454 g/mol. The van der Waals surface area contributed by atoms with Gasteiger partial charge in [-0.05, 0) is 36.2 Å². The highest BCUT2D eigenvalue weighted by molar-refractivity contribution is 7.90. The smallest absolute Gasteiger partial charge is 0.263 e. The normalized spacial score (nSPS) is 21.5. The van der Waals surface area contributed by atoms with E-state index >= 15 is 0 Å². The highest BCUT2D eigenvalue weighted by atomic mass is 32.2. The highest BCUT2D eigenvalue weighted by Crippen LogP contribution is 2.27. The minimum Gasteiger partial charge on any atom is -0.493 e. The quantitative estimate of drug-likeness (QED) is 0.754. The Labute approximate surface area is 187 Å². The van der Waals surface area contributed by atoms with Crippen molar-refractivity contribution in [1.82, 2.24) is 14.5 Å². The molecule has 2 aromatic rings. The van der Waals surface area contributed by atoms with Gasteiger partial charge in [-0.2, -0.15) is 0 Å². The second-order valence-electron chi connectivity index (χ2n) is 8.40. The SMILES string of the molecule is C[C@H](N=C1NS(=O)(=O)c2ccccc21)C(=O)N1CCN(Cc2ccc3c(c2)CCO3)CC1. The molecule has 9 heteroatoms. The predicted octanol–water partition coefficient (Wildman–Crippen LogP) is 1.39. The lowest BCUT2D eigenvalue weighted by molar-refractivity contribution is -0.133. The number of nitrogens with one attached hydrogen (secondary N) is 1. The Balaban J connectivity index is 1.20. The summed E-state index contributed by atoms with van der Waals surface area (Å²) in [4.78, 5) is 21.7. The van der Waals surface area contributed by atoms with Crippen LogP contribution in [-0.2, 0) is 27.8 Å². The Kier molecular flexibility index (Phi) is 5.38. The number of nitrogens with zero attached hydrogens (tertiary/aromatic N) is 3. The predicted molar refractivity (Wildman–Crippen MR) is 120 cm³/mol. The number of amidine groups is 1. The molecule has 3 heterocycles. The lowest BCUT2D eigenvalue weighted by Gasteiger charge is -2.35. The largest absolute Gasteiger partial charge is 0.493 e. The highest BCUT2D eigenvalue weighted by Gasteiger charge is 2.32. The molecule has 0 spiro atoms. The molecule has 3 aliphatic rings. The molecule has 1 atom stereocenters. The number of aliphatic imine (C=N–C) groups is 1. The Morgan fingerprint density at radius 1 is 1.16 bits per heavy atom. The molecule has 0 radical (unpaired) electrons. The molecule has 1 saturated heterocycles. The molecule has 1 fully saturated rings. The van der Waals surface area contributed by atoms with Crippen LogP contribution in [0.5, 0.6) is 5.75 Å². The second kappa shape index (κ2) is 8.22. The van der Waals surface area contributed by atoms with E-state index in [9.17, 15) is 13.2 Å². The lowest BCUT2D eigenvalue weighted by atomic mass is 10.1. The van der Waals surface area contributed by atoms with Crippen molar-refractivity contribution in [3.05, 3.63) is 59.2 Å². The first-order valence-corrected chi connectivity index (χ1v) is 12.3. The zero-order chi connectivity index (χ0) is 22.3. The molecule has 5 rings (SSSR count). The first-order chi connectivity index (χ1) is 15.4. The summed E-state index contributed by atoms with van der Waals surface area (Å²) in [7, 11) is -3.61. The molecule has 32 heavy (non-hydrogen) atoms. The topological polar surface area (TPSA) is 91.3 Å². The van der Waals surface area contributed by atoms with Crippen LogP contribution < -0.4 is 9.46 Å². The average Bonchev–Trinajstić information content (AvgIpc) is 3.36. The Morgan fingerprint density at radius 3 is 2.75 bits per heavy atom. The lowest BCUT2D eigenvalue weighted by Crippen LogP contribution is -2.50. The van der Waals surface area contributed by atoms with Gasteiger partial charge in [0.05, 0.1) is 11.5 Å². The second-order valence-corrected chi connectivity index (χ2v) is 10.0. The van der Waals surface area contributed by atoms with Gasteiger partial charge in [0.1, 0.15) is 17.6 Å². The van der Waals surface area contributed by atoms with Gasteiger partial charge in [-0.15, -0.1) is 0 Å². The number of carbonyl (C=O) groups excluding carboxylic acids is 1. The van der Waals surface area contributed by atoms with Gasteiger partial charge in [0.2, 0.25) is 5.91 Å². The molecule has 0 unspecified atom stereocenters. The molecule has 0 aliphatic carbocycles. The Morgan fingerprint density at radius 2 is 1.94 bits per heavy atom. The van der Waals surface area contributed by atoms with Gasteiger partial charge < -0.3 is 9.64 Å². The van der Waals surface area contributed by atoms with Crippen LogP contribution in [0.25, 0.3) is 0 Å². The van der Waals surface area contributed by atoms with Crippen molar-refractivity contribution in [2.75, 3.05) is 32.8 Å². The van der Waals surface area contributed by atoms with Crippen molar-refractivity contribution in [2.24, 2.45) is 4.99 Å². The van der Waals surface area contributed by atoms with Crippen molar-refractivity contribution in [2.45, 2.75) is 30.8 Å². The number of sulfonamides is 1. The minimum absolute atomic E-state index is 0.0876. The van der Waals surface area contributed by atoms with Gasteiger partial charge in [-0.1, -0.05) is 24.3 Å². The summed E-state index contributed by atoms with van der Waals surface area (Å²) in [6.45, 7) is 6.16. The van der Waals surface area contributed by atoms with Crippen LogP contribution in [-0.4, -0.2) is 68.8 Å². The van der Waals surface area contributed by atoms with Crippen LogP contribution in [0.3, 0.4) is 0 Å². The van der Waals surface area contributed by atoms with Crippen molar-refractivity contribution < 1.29 is 17.9 Å². The fourth-order valence-electron chi connectivity index (χ4n) is 4.47. The summed E-state index contributed by atoms with van der Waals surface area (Å²) in [6, 6.07) is 12.4. The fourth-order valence-corrected chi connectivity index (χ4v) is 5.70. The van der Waals surface area contributed by atoms with Crippen LogP contribution in [0.2, 0.25) is 0 Å². The van der Waals surface area contributed by atoms with Gasteiger partial charge in [-0.25, -0.2) is 8.42 Å². The fraction of sp³-hybridized carbons (Fsp3) is 0.391. The summed E-state index contributed by atoms with van der Waals surface area (Å²) in [5, 5.41) is 0. The van der Waals surface area contributed by atoms with Crippen LogP contribution in [0.4, 0.5) is 0 Å². The van der Waals surface area contributed by atoms with Crippen LogP contribution in [0.15, 0.2) is 52.4 Å². The summed E-state index contributed by atoms with van der Waals surface area (Å²) < 4.78 is 32.6. The van der Waals surface area contributed by atoms with E-state index < -0.39 is 16.1 Å². The number of fused-ring (bicyclic) bond motifs is 2. The van der Waals surface area contributed by atoms with Gasteiger partial charge in [0.15, 0.2) is 0 Å². The number of hydrogen-bond acceptors (Lipinski definition) is 6. The van der Waals surface area contributed by atoms with E-state index in [1.807, 2.05) is 11.0 Å². The molecule has 3 aliphatic heterocycles. The molecule has 2 aromatic carbocycles. The Hall–Kier alpha value is -2.91. The first-order valence-electron chi connectivity index (χ1n) is 10.9. The summed E-state index contributed by atoms with van der Waals surface area (Å²) in [5.74, 6) is 1.14. The maximum atomic E-state index is 13.0. The number of hydrogen-bond donors (Lipinski definition) is 1. The summed E-state index contributed by atoms with van der Waals surface area (Å²) in [5.41, 5.74) is 3.05. The summed E-state index contributed by atoms with van der Waals surface area (Å²) >= 11 is 0. The molecule has 0 saturated carbocycles. The average molecular weight is 455 g/mol. The number of amides is 1. The molecule has 168 valence electrons. The maximum absolute atomic E-state index is 13.0. The van der Waals surface area contributed by atoms with Crippen LogP contribution in [0, 0.1) is 0 Å². The molecule has 0 bridgehead atoms. The number of piperazine rings is 1. The van der Waals surface area contributed by atoms with E-state index in [2.05, 4.69) is 26.7 Å². The van der Waals surface area contributed by atoms with Crippen LogP contribution >= 0.6 is 0 Å². The maximum Gasteiger partial charge on any atom is 0.263 e. The first kappa shape index (κ1) is 21.0. The van der Waals surface area contributed by atoms with Crippen molar-refractivity contribution in [3.63, 3.8) is 0 Å². The minimum atomic E-state index is -3.61. The van der Waals surface area contributed by atoms with E-state index in [0.29, 0.717) is 18.7 Å². The zero-order valence-corrected chi connectivity index (χ0v) is 18.8. The van der Waals surface area contributed by atoms with Gasteiger partial charge >= 0.3 is 0 Å². The van der Waals surface area contributed by atoms with E-state index in [1.165, 1.54) is 11.1 Å². The van der Waals surface area contributed by atoms with Crippen molar-refractivity contribution in [3.8, 4) is 5.75 Å². The summed E-state index contributed by atoms with van der Waals surface area (Å²) in [6.07, 6.45) is 0.965. The third kappa shape index (κ3) is 3.98. The van der Waals surface area contributed by atoms with Crippen molar-refractivity contribution >= 4 is 21.8 Å². The van der Waals surface area contributed by atoms with E-state index in [0.717, 1.165) is 38.4 Å². The number of benzene rings is 2. The molecular weight excluding hydrogens is 428 g/mol. The van der Waals surface area contributed by atoms with E-state index in [-0.39, 0.29) is 16.6 Å². The molecular formula is C23H26N4O4S. The molecule has 1 amide bonds. The third-order valence-corrected chi connectivity index (χ3v) is 7.58. The van der Waals surface area contributed by atoms with E-state index in [1.54, 1.807) is 31.2 Å². The Bertz CT molecular complexity index is 1190. The standard InChI is InChI=1S/C23H26N4O4S/c1-16(24-22-19-4-2-3-5-21(19)32(29,30)25-22)23(28)27-11-9-26(10-12-27)15-17-6-7-20-18(14-17)8-13-31-20/h2-7,14,16H,8-13,15H2,1H3,(H,24,25)/t16-/m0/s1.